The van der Waals surface area contributed by atoms with Crippen LogP contribution in [-0.2, 0) is 22.5 Å². The summed E-state index contributed by atoms with van der Waals surface area (Å²) in [6.45, 7) is 10.5. The van der Waals surface area contributed by atoms with Crippen LogP contribution in [0.3, 0.4) is 0 Å². The Kier molecular flexibility index (Phi) is 8.24. The van der Waals surface area contributed by atoms with Crippen molar-refractivity contribution in [3.63, 3.8) is 0 Å². The second kappa shape index (κ2) is 9.91. The quantitative estimate of drug-likeness (QED) is 0.814. The molecule has 1 aromatic carbocycles. The first kappa shape index (κ1) is 19.9. The van der Waals surface area contributed by atoms with Gasteiger partial charge in [0.05, 0.1) is 12.5 Å². The van der Waals surface area contributed by atoms with Gasteiger partial charge >= 0.3 is 0 Å². The van der Waals surface area contributed by atoms with Gasteiger partial charge in [-0.1, -0.05) is 6.07 Å². The summed E-state index contributed by atoms with van der Waals surface area (Å²) in [5.74, 6) is 0. The van der Waals surface area contributed by atoms with Crippen molar-refractivity contribution in [1.82, 2.24) is 5.32 Å². The zero-order chi connectivity index (χ0) is 18.0. The number of hydrogen-bond donors (Lipinski definition) is 2. The van der Waals surface area contributed by atoms with Gasteiger partial charge in [-0.05, 0) is 44.0 Å². The first-order chi connectivity index (χ1) is 11.4. The molecule has 0 spiro atoms. The number of ether oxygens (including phenoxy) is 1. The highest BCUT2D eigenvalue weighted by molar-refractivity contribution is 5.52. The lowest BCUT2D eigenvalue weighted by molar-refractivity contribution is -0.138. The van der Waals surface area contributed by atoms with E-state index < -0.39 is 0 Å². The van der Waals surface area contributed by atoms with Crippen molar-refractivity contribution >= 4 is 12.2 Å². The van der Waals surface area contributed by atoms with Crippen LogP contribution in [0.4, 0.5) is 5.69 Å². The van der Waals surface area contributed by atoms with Crippen LogP contribution in [-0.4, -0.2) is 38.3 Å². The van der Waals surface area contributed by atoms with Gasteiger partial charge < -0.3 is 20.7 Å². The first-order valence-electron chi connectivity index (χ1n) is 8.17. The Hall–Kier alpha value is -2.10. The molecule has 0 amide bonds. The Bertz CT molecular complexity index is 555. The SMILES string of the molecule is CC(C)(C)OC=O.N#CCc1ccc(N2CCNCC2)cc1CN. The topological polar surface area (TPSA) is 91.4 Å². The van der Waals surface area contributed by atoms with Crippen LogP contribution in [0.5, 0.6) is 0 Å². The Balaban J connectivity index is 0.000000351. The van der Waals surface area contributed by atoms with Crippen LogP contribution in [0, 0.1) is 11.3 Å². The molecular formula is C18H28N4O2. The lowest BCUT2D eigenvalue weighted by atomic mass is 10.0. The smallest absolute Gasteiger partial charge is 0.293 e. The third-order valence-electron chi connectivity index (χ3n) is 3.56. The molecule has 1 aromatic rings. The van der Waals surface area contributed by atoms with Gasteiger partial charge in [-0.15, -0.1) is 0 Å². The third-order valence-corrected chi connectivity index (χ3v) is 3.56. The highest BCUT2D eigenvalue weighted by Gasteiger charge is 2.12. The number of carbonyl (C=O) groups excluding carboxylic acids is 1. The fraction of sp³-hybridized carbons (Fsp3) is 0.556. The largest absolute Gasteiger partial charge is 0.462 e. The number of nitrogens with one attached hydrogen (secondary N) is 1. The van der Waals surface area contributed by atoms with Crippen molar-refractivity contribution in [3.05, 3.63) is 29.3 Å². The Labute approximate surface area is 144 Å². The van der Waals surface area contributed by atoms with Crippen molar-refractivity contribution in [2.24, 2.45) is 5.73 Å². The van der Waals surface area contributed by atoms with Crippen LogP contribution in [0.2, 0.25) is 0 Å². The molecular weight excluding hydrogens is 304 g/mol. The minimum absolute atomic E-state index is 0.318. The van der Waals surface area contributed by atoms with Gasteiger partial charge in [0.15, 0.2) is 0 Å². The normalized spacial score (nSPS) is 14.2. The van der Waals surface area contributed by atoms with Gasteiger partial charge in [0, 0.05) is 38.4 Å². The maximum absolute atomic E-state index is 9.60. The van der Waals surface area contributed by atoms with E-state index in [2.05, 4.69) is 33.2 Å². The van der Waals surface area contributed by atoms with Crippen molar-refractivity contribution < 1.29 is 9.53 Å². The van der Waals surface area contributed by atoms with Crippen LogP contribution in [0.1, 0.15) is 31.9 Å². The number of nitrogens with zero attached hydrogens (tertiary/aromatic N) is 2. The number of benzene rings is 1. The van der Waals surface area contributed by atoms with Crippen LogP contribution in [0.15, 0.2) is 18.2 Å². The molecule has 0 bridgehead atoms. The molecule has 132 valence electrons. The predicted octanol–water partition coefficient (Wildman–Crippen LogP) is 1.58. The molecule has 1 aliphatic heterocycles. The zero-order valence-corrected chi connectivity index (χ0v) is 14.8. The number of hydrogen-bond acceptors (Lipinski definition) is 6. The summed E-state index contributed by atoms with van der Waals surface area (Å²) in [6.07, 6.45) is 0.439. The molecule has 1 saturated heterocycles. The monoisotopic (exact) mass is 332 g/mol. The van der Waals surface area contributed by atoms with E-state index in [1.54, 1.807) is 0 Å². The number of anilines is 1. The average molecular weight is 332 g/mol. The summed E-state index contributed by atoms with van der Waals surface area (Å²) in [5, 5.41) is 12.1. The van der Waals surface area contributed by atoms with Gasteiger partial charge in [0.1, 0.15) is 5.60 Å². The van der Waals surface area contributed by atoms with E-state index in [1.807, 2.05) is 26.8 Å². The molecule has 0 saturated carbocycles. The summed E-state index contributed by atoms with van der Waals surface area (Å²) in [4.78, 5) is 12.0. The third kappa shape index (κ3) is 6.99. The van der Waals surface area contributed by atoms with Crippen molar-refractivity contribution in [3.8, 4) is 6.07 Å². The lowest BCUT2D eigenvalue weighted by Gasteiger charge is -2.30. The number of piperazine rings is 1. The van der Waals surface area contributed by atoms with Gasteiger partial charge in [-0.2, -0.15) is 5.26 Å². The summed E-state index contributed by atoms with van der Waals surface area (Å²) < 4.78 is 4.55. The summed E-state index contributed by atoms with van der Waals surface area (Å²) in [7, 11) is 0. The molecule has 6 nitrogen and oxygen atoms in total. The second-order valence-corrected chi connectivity index (χ2v) is 6.56. The summed E-state index contributed by atoms with van der Waals surface area (Å²) in [6, 6.07) is 8.43. The standard InChI is InChI=1S/C13H18N4.C5H10O2/c14-4-3-11-1-2-13(9-12(11)10-15)17-7-5-16-6-8-17;1-5(2,3)7-4-6/h1-2,9,16H,3,5-8,10,15H2;4H,1-3H3. The minimum atomic E-state index is -0.318. The summed E-state index contributed by atoms with van der Waals surface area (Å²) >= 11 is 0. The van der Waals surface area contributed by atoms with E-state index in [0.29, 0.717) is 19.4 Å². The van der Waals surface area contributed by atoms with Crippen LogP contribution in [0.25, 0.3) is 0 Å². The summed E-state index contributed by atoms with van der Waals surface area (Å²) in [5.41, 5.74) is 8.77. The van der Waals surface area contributed by atoms with Crippen molar-refractivity contribution in [1.29, 1.82) is 5.26 Å². The highest BCUT2D eigenvalue weighted by atomic mass is 16.5. The van der Waals surface area contributed by atoms with Crippen LogP contribution < -0.4 is 16.0 Å². The molecule has 0 aliphatic carbocycles. The Morgan fingerprint density at radius 1 is 1.33 bits per heavy atom. The molecule has 0 atom stereocenters. The molecule has 24 heavy (non-hydrogen) atoms. The van der Waals surface area contributed by atoms with E-state index in [-0.39, 0.29) is 5.60 Å². The molecule has 1 aliphatic rings. The van der Waals surface area contributed by atoms with E-state index in [9.17, 15) is 4.79 Å². The number of nitriles is 1. The fourth-order valence-corrected chi connectivity index (χ4v) is 2.32. The van der Waals surface area contributed by atoms with E-state index in [1.165, 1.54) is 5.69 Å². The van der Waals surface area contributed by atoms with Crippen molar-refractivity contribution in [2.45, 2.75) is 39.3 Å². The Morgan fingerprint density at radius 2 is 2.00 bits per heavy atom. The van der Waals surface area contributed by atoms with Gasteiger partial charge in [-0.25, -0.2) is 0 Å². The van der Waals surface area contributed by atoms with Gasteiger partial charge in [-0.3, -0.25) is 4.79 Å². The van der Waals surface area contributed by atoms with Gasteiger partial charge in [0.2, 0.25) is 0 Å². The average Bonchev–Trinajstić information content (AvgIpc) is 2.56. The number of carbonyl (C=O) groups is 1. The molecule has 1 fully saturated rings. The molecule has 3 N–H and O–H groups in total. The molecule has 2 rings (SSSR count). The van der Waals surface area contributed by atoms with Crippen LogP contribution >= 0.6 is 0 Å². The highest BCUT2D eigenvalue weighted by Crippen LogP contribution is 2.20. The second-order valence-electron chi connectivity index (χ2n) is 6.56. The molecule has 6 heteroatoms. The maximum Gasteiger partial charge on any atom is 0.293 e. The predicted molar refractivity (Wildman–Crippen MR) is 95.6 cm³/mol. The van der Waals surface area contributed by atoms with Gasteiger partial charge in [0.25, 0.3) is 6.47 Å². The minimum Gasteiger partial charge on any atom is -0.462 e. The maximum atomic E-state index is 9.60. The van der Waals surface area contributed by atoms with E-state index in [0.717, 1.165) is 37.3 Å². The first-order valence-corrected chi connectivity index (χ1v) is 8.17. The van der Waals surface area contributed by atoms with Crippen molar-refractivity contribution in [2.75, 3.05) is 31.1 Å². The van der Waals surface area contributed by atoms with E-state index >= 15 is 0 Å². The van der Waals surface area contributed by atoms with E-state index in [4.69, 9.17) is 11.0 Å². The lowest BCUT2D eigenvalue weighted by Crippen LogP contribution is -2.43. The molecule has 0 unspecified atom stereocenters. The zero-order valence-electron chi connectivity index (χ0n) is 14.8. The molecule has 0 aromatic heterocycles. The molecule has 1 heterocycles. The fourth-order valence-electron chi connectivity index (χ4n) is 2.32. The number of rotatable bonds is 4. The Morgan fingerprint density at radius 3 is 2.46 bits per heavy atom. The molecule has 0 radical (unpaired) electrons. The number of nitrogens with two attached hydrogens (primary N) is 1.